The van der Waals surface area contributed by atoms with E-state index in [1.54, 1.807) is 31.4 Å². The maximum atomic E-state index is 12.5. The molecule has 1 aliphatic heterocycles. The van der Waals surface area contributed by atoms with Gasteiger partial charge in [0, 0.05) is 6.54 Å². The van der Waals surface area contributed by atoms with E-state index in [0.29, 0.717) is 12.1 Å². The number of hydrogen-bond donors (Lipinski definition) is 1. The zero-order chi connectivity index (χ0) is 19.2. The van der Waals surface area contributed by atoms with Crippen molar-refractivity contribution < 1.29 is 19.1 Å². The molecule has 0 saturated carbocycles. The first-order chi connectivity index (χ1) is 13.1. The average Bonchev–Trinajstić information content (AvgIpc) is 3.07. The van der Waals surface area contributed by atoms with Gasteiger partial charge in [-0.05, 0) is 35.4 Å². The molecule has 2 amide bonds. The van der Waals surface area contributed by atoms with Crippen LogP contribution in [-0.2, 0) is 22.6 Å². The summed E-state index contributed by atoms with van der Waals surface area (Å²) >= 11 is 0. The molecule has 0 bridgehead atoms. The van der Waals surface area contributed by atoms with Gasteiger partial charge in [-0.15, -0.1) is 0 Å². The zero-order valence-electron chi connectivity index (χ0n) is 14.8. The number of nitriles is 1. The molecule has 0 aromatic heterocycles. The van der Waals surface area contributed by atoms with Gasteiger partial charge in [-0.2, -0.15) is 5.26 Å². The van der Waals surface area contributed by atoms with E-state index in [4.69, 9.17) is 14.7 Å². The molecule has 1 saturated heterocycles. The normalized spacial score (nSPS) is 15.8. The van der Waals surface area contributed by atoms with Crippen molar-refractivity contribution in [1.82, 2.24) is 10.2 Å². The fourth-order valence-electron chi connectivity index (χ4n) is 2.77. The van der Waals surface area contributed by atoms with Crippen LogP contribution in [0.3, 0.4) is 0 Å². The van der Waals surface area contributed by atoms with E-state index < -0.39 is 12.1 Å². The van der Waals surface area contributed by atoms with Crippen molar-refractivity contribution in [3.05, 3.63) is 65.2 Å². The van der Waals surface area contributed by atoms with Gasteiger partial charge in [0.15, 0.2) is 0 Å². The molecule has 3 rings (SSSR count). The van der Waals surface area contributed by atoms with Crippen LogP contribution < -0.4 is 10.1 Å². The summed E-state index contributed by atoms with van der Waals surface area (Å²) in [6.45, 7) is 0.604. The van der Waals surface area contributed by atoms with Gasteiger partial charge in [0.05, 0.1) is 25.3 Å². The van der Waals surface area contributed by atoms with E-state index in [9.17, 15) is 9.59 Å². The summed E-state index contributed by atoms with van der Waals surface area (Å²) in [5.74, 6) is 0.471. The van der Waals surface area contributed by atoms with E-state index in [1.165, 1.54) is 4.90 Å². The Morgan fingerprint density at radius 1 is 1.22 bits per heavy atom. The SMILES string of the molecule is COc1ccc(CNC(=O)[C@@H]2COC(=O)N2Cc2ccc(C#N)cc2)cc1. The molecular formula is C20H19N3O4. The van der Waals surface area contributed by atoms with Crippen LogP contribution >= 0.6 is 0 Å². The highest BCUT2D eigenvalue weighted by molar-refractivity contribution is 5.87. The Morgan fingerprint density at radius 3 is 2.52 bits per heavy atom. The van der Waals surface area contributed by atoms with E-state index in [1.807, 2.05) is 30.3 Å². The van der Waals surface area contributed by atoms with Crippen molar-refractivity contribution in [2.45, 2.75) is 19.1 Å². The highest BCUT2D eigenvalue weighted by Crippen LogP contribution is 2.18. The number of rotatable bonds is 6. The van der Waals surface area contributed by atoms with Crippen molar-refractivity contribution >= 4 is 12.0 Å². The Bertz CT molecular complexity index is 856. The Kier molecular flexibility index (Phi) is 5.57. The highest BCUT2D eigenvalue weighted by Gasteiger charge is 2.37. The number of benzene rings is 2. The second-order valence-electron chi connectivity index (χ2n) is 6.10. The molecule has 0 aliphatic carbocycles. The summed E-state index contributed by atoms with van der Waals surface area (Å²) in [5, 5.41) is 11.7. The molecule has 138 valence electrons. The van der Waals surface area contributed by atoms with Crippen LogP contribution in [0.1, 0.15) is 16.7 Å². The fraction of sp³-hybridized carbons (Fsp3) is 0.250. The van der Waals surface area contributed by atoms with Gasteiger partial charge in [0.2, 0.25) is 5.91 Å². The Hall–Kier alpha value is -3.53. The summed E-state index contributed by atoms with van der Waals surface area (Å²) in [4.78, 5) is 25.9. The van der Waals surface area contributed by atoms with Crippen molar-refractivity contribution in [2.75, 3.05) is 13.7 Å². The predicted octanol–water partition coefficient (Wildman–Crippen LogP) is 2.20. The van der Waals surface area contributed by atoms with Gasteiger partial charge in [-0.25, -0.2) is 4.79 Å². The minimum Gasteiger partial charge on any atom is -0.497 e. The lowest BCUT2D eigenvalue weighted by Gasteiger charge is -2.21. The number of carbonyl (C=O) groups excluding carboxylic acids is 2. The monoisotopic (exact) mass is 365 g/mol. The molecule has 7 nitrogen and oxygen atoms in total. The minimum absolute atomic E-state index is 0.0174. The van der Waals surface area contributed by atoms with Crippen LogP contribution in [0.25, 0.3) is 0 Å². The number of nitrogens with one attached hydrogen (secondary N) is 1. The largest absolute Gasteiger partial charge is 0.497 e. The van der Waals surface area contributed by atoms with Gasteiger partial charge in [-0.3, -0.25) is 9.69 Å². The van der Waals surface area contributed by atoms with E-state index in [2.05, 4.69) is 5.32 Å². The molecular weight excluding hydrogens is 346 g/mol. The maximum absolute atomic E-state index is 12.5. The number of methoxy groups -OCH3 is 1. The Labute approximate surface area is 157 Å². The number of amides is 2. The van der Waals surface area contributed by atoms with Crippen molar-refractivity contribution in [3.8, 4) is 11.8 Å². The quantitative estimate of drug-likeness (QED) is 0.847. The highest BCUT2D eigenvalue weighted by atomic mass is 16.6. The fourth-order valence-corrected chi connectivity index (χ4v) is 2.77. The smallest absolute Gasteiger partial charge is 0.410 e. The molecule has 1 aliphatic rings. The molecule has 1 fully saturated rings. The van der Waals surface area contributed by atoms with Crippen LogP contribution in [0.2, 0.25) is 0 Å². The summed E-state index contributed by atoms with van der Waals surface area (Å²) in [6.07, 6.45) is -0.524. The summed E-state index contributed by atoms with van der Waals surface area (Å²) < 4.78 is 10.2. The van der Waals surface area contributed by atoms with Crippen LogP contribution in [-0.4, -0.2) is 36.7 Å². The van der Waals surface area contributed by atoms with Crippen LogP contribution in [0.15, 0.2) is 48.5 Å². The first-order valence-corrected chi connectivity index (χ1v) is 8.44. The van der Waals surface area contributed by atoms with Crippen LogP contribution in [0.5, 0.6) is 5.75 Å². The number of cyclic esters (lactones) is 1. The molecule has 1 atom stereocenters. The zero-order valence-corrected chi connectivity index (χ0v) is 14.8. The number of carbonyl (C=O) groups is 2. The minimum atomic E-state index is -0.689. The summed E-state index contributed by atoms with van der Waals surface area (Å²) in [6, 6.07) is 15.6. The predicted molar refractivity (Wildman–Crippen MR) is 96.7 cm³/mol. The maximum Gasteiger partial charge on any atom is 0.410 e. The first-order valence-electron chi connectivity index (χ1n) is 8.44. The molecule has 0 radical (unpaired) electrons. The van der Waals surface area contributed by atoms with Crippen molar-refractivity contribution in [1.29, 1.82) is 5.26 Å². The standard InChI is InChI=1S/C20H19N3O4/c1-26-17-8-6-15(7-9-17)11-22-19(24)18-13-27-20(25)23(18)12-16-4-2-14(10-21)3-5-16/h2-9,18H,11-13H2,1H3,(H,22,24)/t18-/m0/s1. The molecule has 1 heterocycles. The molecule has 27 heavy (non-hydrogen) atoms. The van der Waals surface area contributed by atoms with E-state index in [-0.39, 0.29) is 19.1 Å². The Balaban J connectivity index is 1.61. The van der Waals surface area contributed by atoms with Gasteiger partial charge >= 0.3 is 6.09 Å². The van der Waals surface area contributed by atoms with Crippen molar-refractivity contribution in [3.63, 3.8) is 0 Å². The lowest BCUT2D eigenvalue weighted by Crippen LogP contribution is -2.45. The number of ether oxygens (including phenoxy) is 2. The third kappa shape index (κ3) is 4.36. The summed E-state index contributed by atoms with van der Waals surface area (Å²) in [7, 11) is 1.59. The van der Waals surface area contributed by atoms with Crippen LogP contribution in [0, 0.1) is 11.3 Å². The van der Waals surface area contributed by atoms with Crippen LogP contribution in [0.4, 0.5) is 4.79 Å². The van der Waals surface area contributed by atoms with Gasteiger partial charge < -0.3 is 14.8 Å². The molecule has 1 N–H and O–H groups in total. The van der Waals surface area contributed by atoms with E-state index in [0.717, 1.165) is 16.9 Å². The second-order valence-corrected chi connectivity index (χ2v) is 6.10. The lowest BCUT2D eigenvalue weighted by molar-refractivity contribution is -0.125. The second kappa shape index (κ2) is 8.23. The van der Waals surface area contributed by atoms with Gasteiger partial charge in [-0.1, -0.05) is 24.3 Å². The number of hydrogen-bond acceptors (Lipinski definition) is 5. The molecule has 2 aromatic carbocycles. The van der Waals surface area contributed by atoms with E-state index >= 15 is 0 Å². The van der Waals surface area contributed by atoms with Gasteiger partial charge in [0.25, 0.3) is 0 Å². The summed E-state index contributed by atoms with van der Waals surface area (Å²) in [5.41, 5.74) is 2.28. The lowest BCUT2D eigenvalue weighted by atomic mass is 10.1. The molecule has 0 spiro atoms. The molecule has 7 heteroatoms. The van der Waals surface area contributed by atoms with Gasteiger partial charge in [0.1, 0.15) is 18.4 Å². The number of nitrogens with zero attached hydrogens (tertiary/aromatic N) is 2. The third-order valence-corrected chi connectivity index (χ3v) is 4.34. The third-order valence-electron chi connectivity index (χ3n) is 4.34. The molecule has 2 aromatic rings. The first kappa shape index (κ1) is 18.3. The topological polar surface area (TPSA) is 91.7 Å². The Morgan fingerprint density at radius 2 is 1.89 bits per heavy atom. The van der Waals surface area contributed by atoms with Crippen molar-refractivity contribution in [2.24, 2.45) is 0 Å². The molecule has 0 unspecified atom stereocenters. The average molecular weight is 365 g/mol.